The van der Waals surface area contributed by atoms with Crippen LogP contribution in [0.2, 0.25) is 0 Å². The van der Waals surface area contributed by atoms with Gasteiger partial charge < -0.3 is 5.73 Å². The Hall–Kier alpha value is -1.85. The fourth-order valence-corrected chi connectivity index (χ4v) is 1.50. The highest BCUT2D eigenvalue weighted by Crippen LogP contribution is 2.06. The number of hydrogen-bond donors (Lipinski definition) is 1. The van der Waals surface area contributed by atoms with Crippen molar-refractivity contribution in [2.24, 2.45) is 0 Å². The molecule has 0 aromatic carbocycles. The molecule has 0 aliphatic rings. The molecular formula is C9H14N6. The van der Waals surface area contributed by atoms with Crippen LogP contribution in [0.3, 0.4) is 0 Å². The summed E-state index contributed by atoms with van der Waals surface area (Å²) in [6.07, 6.45) is 1.56. The molecule has 15 heavy (non-hydrogen) atoms. The molecule has 2 aromatic rings. The minimum Gasteiger partial charge on any atom is -0.382 e. The van der Waals surface area contributed by atoms with Gasteiger partial charge in [0.25, 0.3) is 0 Å². The van der Waals surface area contributed by atoms with Gasteiger partial charge in [0.05, 0.1) is 0 Å². The van der Waals surface area contributed by atoms with Crippen molar-refractivity contribution in [1.82, 2.24) is 24.5 Å². The Labute approximate surface area is 87.7 Å². The van der Waals surface area contributed by atoms with Crippen molar-refractivity contribution in [1.29, 1.82) is 0 Å². The highest BCUT2D eigenvalue weighted by molar-refractivity contribution is 5.28. The molecule has 0 atom stereocenters. The third-order valence-corrected chi connectivity index (χ3v) is 2.29. The molecule has 0 saturated heterocycles. The third kappa shape index (κ3) is 1.83. The van der Waals surface area contributed by atoms with E-state index in [1.807, 2.05) is 29.3 Å². The van der Waals surface area contributed by atoms with Crippen LogP contribution in [0.25, 0.3) is 0 Å². The van der Waals surface area contributed by atoms with Gasteiger partial charge in [0.2, 0.25) is 0 Å². The highest BCUT2D eigenvalue weighted by atomic mass is 15.4. The smallest absolute Gasteiger partial charge is 0.148 e. The van der Waals surface area contributed by atoms with Crippen LogP contribution >= 0.6 is 0 Å². The van der Waals surface area contributed by atoms with Gasteiger partial charge in [0, 0.05) is 18.3 Å². The first-order valence-corrected chi connectivity index (χ1v) is 4.87. The number of aryl methyl sites for hydroxylation is 2. The lowest BCUT2D eigenvalue weighted by atomic mass is 10.4. The van der Waals surface area contributed by atoms with Crippen molar-refractivity contribution in [2.75, 3.05) is 5.73 Å². The molecule has 0 amide bonds. The molecule has 2 rings (SSSR count). The molecule has 6 nitrogen and oxygen atoms in total. The monoisotopic (exact) mass is 206 g/mol. The van der Waals surface area contributed by atoms with Gasteiger partial charge in [-0.1, -0.05) is 0 Å². The van der Waals surface area contributed by atoms with E-state index in [1.54, 1.807) is 6.33 Å². The second-order valence-electron chi connectivity index (χ2n) is 3.36. The molecule has 2 aromatic heterocycles. The molecule has 0 radical (unpaired) electrons. The Morgan fingerprint density at radius 3 is 2.80 bits per heavy atom. The largest absolute Gasteiger partial charge is 0.382 e. The maximum absolute atomic E-state index is 5.60. The molecule has 6 heteroatoms. The number of nitrogens with zero attached hydrogens (tertiary/aromatic N) is 5. The maximum atomic E-state index is 5.60. The molecule has 0 aliphatic carbocycles. The second kappa shape index (κ2) is 3.72. The lowest BCUT2D eigenvalue weighted by Crippen LogP contribution is -2.11. The van der Waals surface area contributed by atoms with Crippen molar-refractivity contribution in [3.05, 3.63) is 23.9 Å². The number of aromatic nitrogens is 5. The van der Waals surface area contributed by atoms with E-state index in [-0.39, 0.29) is 0 Å². The summed E-state index contributed by atoms with van der Waals surface area (Å²) in [7, 11) is 0. The van der Waals surface area contributed by atoms with Crippen molar-refractivity contribution < 1.29 is 0 Å². The molecule has 0 saturated carbocycles. The Morgan fingerprint density at radius 2 is 2.20 bits per heavy atom. The number of nitrogen functional groups attached to an aromatic ring is 1. The average Bonchev–Trinajstić information content (AvgIpc) is 2.74. The van der Waals surface area contributed by atoms with Crippen LogP contribution in [0, 0.1) is 6.92 Å². The number of nitrogens with two attached hydrogens (primary N) is 1. The standard InChI is InChI=1S/C9H14N6/c1-3-14-9(11-6-12-14)5-15-7(2)4-8(10)13-15/h4,6H,3,5H2,1-2H3,(H2,10,13). The topological polar surface area (TPSA) is 74.5 Å². The average molecular weight is 206 g/mol. The summed E-state index contributed by atoms with van der Waals surface area (Å²) in [5.74, 6) is 1.43. The fourth-order valence-electron chi connectivity index (χ4n) is 1.50. The van der Waals surface area contributed by atoms with E-state index in [9.17, 15) is 0 Å². The van der Waals surface area contributed by atoms with Gasteiger partial charge in [-0.15, -0.1) is 0 Å². The SMILES string of the molecule is CCn1ncnc1Cn1nc(N)cc1C. The van der Waals surface area contributed by atoms with E-state index < -0.39 is 0 Å². The summed E-state index contributed by atoms with van der Waals surface area (Å²) in [5, 5.41) is 8.27. The number of hydrogen-bond acceptors (Lipinski definition) is 4. The molecular weight excluding hydrogens is 192 g/mol. The van der Waals surface area contributed by atoms with Gasteiger partial charge in [0.15, 0.2) is 0 Å². The predicted octanol–water partition coefficient (Wildman–Crippen LogP) is 0.433. The Morgan fingerprint density at radius 1 is 1.40 bits per heavy atom. The fraction of sp³-hybridized carbons (Fsp3) is 0.444. The third-order valence-electron chi connectivity index (χ3n) is 2.29. The zero-order chi connectivity index (χ0) is 10.8. The maximum Gasteiger partial charge on any atom is 0.148 e. The summed E-state index contributed by atoms with van der Waals surface area (Å²) in [5.41, 5.74) is 6.63. The van der Waals surface area contributed by atoms with Crippen LogP contribution in [-0.2, 0) is 13.1 Å². The quantitative estimate of drug-likeness (QED) is 0.790. The summed E-state index contributed by atoms with van der Waals surface area (Å²) in [4.78, 5) is 4.18. The highest BCUT2D eigenvalue weighted by Gasteiger charge is 2.06. The van der Waals surface area contributed by atoms with Crippen molar-refractivity contribution >= 4 is 5.82 Å². The summed E-state index contributed by atoms with van der Waals surface area (Å²) in [6, 6.07) is 1.84. The zero-order valence-corrected chi connectivity index (χ0v) is 8.88. The van der Waals surface area contributed by atoms with Crippen LogP contribution in [-0.4, -0.2) is 24.5 Å². The van der Waals surface area contributed by atoms with Gasteiger partial charge >= 0.3 is 0 Å². The minimum absolute atomic E-state index is 0.537. The Kier molecular flexibility index (Phi) is 2.40. The molecule has 0 fully saturated rings. The zero-order valence-electron chi connectivity index (χ0n) is 8.88. The van der Waals surface area contributed by atoms with Gasteiger partial charge in [-0.05, 0) is 13.8 Å². The van der Waals surface area contributed by atoms with Gasteiger partial charge in [-0.2, -0.15) is 10.2 Å². The molecule has 2 N–H and O–H groups in total. The molecule has 80 valence electrons. The normalized spacial score (nSPS) is 10.8. The first kappa shape index (κ1) is 9.70. The second-order valence-corrected chi connectivity index (χ2v) is 3.36. The van der Waals surface area contributed by atoms with E-state index in [1.165, 1.54) is 0 Å². The molecule has 0 unspecified atom stereocenters. The summed E-state index contributed by atoms with van der Waals surface area (Å²) in [6.45, 7) is 5.42. The Bertz CT molecular complexity index is 455. The molecule has 0 bridgehead atoms. The van der Waals surface area contributed by atoms with E-state index in [2.05, 4.69) is 15.2 Å². The van der Waals surface area contributed by atoms with Crippen LogP contribution in [0.4, 0.5) is 5.82 Å². The molecule has 0 spiro atoms. The lowest BCUT2D eigenvalue weighted by molar-refractivity contribution is 0.562. The molecule has 2 heterocycles. The van der Waals surface area contributed by atoms with E-state index in [0.717, 1.165) is 18.1 Å². The van der Waals surface area contributed by atoms with E-state index in [0.29, 0.717) is 12.4 Å². The lowest BCUT2D eigenvalue weighted by Gasteiger charge is -2.04. The first-order valence-electron chi connectivity index (χ1n) is 4.87. The van der Waals surface area contributed by atoms with Crippen molar-refractivity contribution in [3.8, 4) is 0 Å². The van der Waals surface area contributed by atoms with Crippen molar-refractivity contribution in [3.63, 3.8) is 0 Å². The minimum atomic E-state index is 0.537. The van der Waals surface area contributed by atoms with E-state index >= 15 is 0 Å². The van der Waals surface area contributed by atoms with Gasteiger partial charge in [-0.25, -0.2) is 9.67 Å². The summed E-state index contributed by atoms with van der Waals surface area (Å²) < 4.78 is 3.67. The predicted molar refractivity (Wildman–Crippen MR) is 56.2 cm³/mol. The van der Waals surface area contributed by atoms with Gasteiger partial charge in [-0.3, -0.25) is 4.68 Å². The van der Waals surface area contributed by atoms with Crippen molar-refractivity contribution in [2.45, 2.75) is 26.9 Å². The summed E-state index contributed by atoms with van der Waals surface area (Å²) >= 11 is 0. The van der Waals surface area contributed by atoms with Crippen LogP contribution in [0.5, 0.6) is 0 Å². The van der Waals surface area contributed by atoms with Crippen LogP contribution in [0.15, 0.2) is 12.4 Å². The van der Waals surface area contributed by atoms with Gasteiger partial charge in [0.1, 0.15) is 24.5 Å². The first-order chi connectivity index (χ1) is 7.20. The van der Waals surface area contributed by atoms with Crippen LogP contribution in [0.1, 0.15) is 18.4 Å². The number of rotatable bonds is 3. The molecule has 0 aliphatic heterocycles. The van der Waals surface area contributed by atoms with Crippen LogP contribution < -0.4 is 5.73 Å². The Balaban J connectivity index is 2.25. The van der Waals surface area contributed by atoms with E-state index in [4.69, 9.17) is 5.73 Å². The number of anilines is 1.